The number of hydrogen-bond acceptors (Lipinski definition) is 2. The second-order valence-electron chi connectivity index (χ2n) is 6.15. The molecule has 25 heavy (non-hydrogen) atoms. The van der Waals surface area contributed by atoms with E-state index in [0.29, 0.717) is 19.4 Å². The number of amides is 1. The van der Waals surface area contributed by atoms with Gasteiger partial charge in [0.1, 0.15) is 0 Å². The molecule has 0 aliphatic heterocycles. The van der Waals surface area contributed by atoms with Gasteiger partial charge in [0.2, 0.25) is 5.91 Å². The van der Waals surface area contributed by atoms with E-state index in [4.69, 9.17) is 0 Å². The highest BCUT2D eigenvalue weighted by atomic mass is 16.3. The van der Waals surface area contributed by atoms with Crippen LogP contribution >= 0.6 is 0 Å². The molecule has 0 fully saturated rings. The third-order valence-electron chi connectivity index (χ3n) is 3.68. The lowest BCUT2D eigenvalue weighted by Crippen LogP contribution is -2.42. The summed E-state index contributed by atoms with van der Waals surface area (Å²) in [5, 5.41) is 13.2. The Labute approximate surface area is 153 Å². The first-order valence-corrected chi connectivity index (χ1v) is 9.36. The van der Waals surface area contributed by atoms with Crippen LogP contribution in [0, 0.1) is 0 Å². The first kappa shape index (κ1) is 23.1. The van der Waals surface area contributed by atoms with Crippen LogP contribution in [-0.2, 0) is 4.79 Å². The Balaban J connectivity index is 4.02. The molecule has 0 aromatic rings. The van der Waals surface area contributed by atoms with Gasteiger partial charge in [0.15, 0.2) is 0 Å². The van der Waals surface area contributed by atoms with E-state index in [9.17, 15) is 9.90 Å². The summed E-state index contributed by atoms with van der Waals surface area (Å²) in [5.74, 6) is -0.163. The molecular formula is C22H35NO2. The molecule has 0 spiro atoms. The summed E-state index contributed by atoms with van der Waals surface area (Å²) in [6.45, 7) is 6.39. The number of nitrogens with one attached hydrogen (secondary N) is 1. The topological polar surface area (TPSA) is 49.3 Å². The number of hydrogen-bond donors (Lipinski definition) is 2. The van der Waals surface area contributed by atoms with Crippen LogP contribution in [0.15, 0.2) is 60.8 Å². The number of aliphatic hydroxyl groups is 1. The first-order valence-electron chi connectivity index (χ1n) is 9.36. The average Bonchev–Trinajstić information content (AvgIpc) is 2.58. The van der Waals surface area contributed by atoms with Gasteiger partial charge in [-0.1, -0.05) is 81.4 Å². The molecule has 140 valence electrons. The van der Waals surface area contributed by atoms with Gasteiger partial charge in [-0.25, -0.2) is 0 Å². The van der Waals surface area contributed by atoms with E-state index in [1.807, 2.05) is 63.3 Å². The summed E-state index contributed by atoms with van der Waals surface area (Å²) in [5.41, 5.74) is -0.781. The summed E-state index contributed by atoms with van der Waals surface area (Å²) in [6.07, 6.45) is 24.4. The molecule has 0 bridgehead atoms. The summed E-state index contributed by atoms with van der Waals surface area (Å²) < 4.78 is 0. The van der Waals surface area contributed by atoms with Crippen molar-refractivity contribution >= 4 is 5.91 Å². The molecule has 0 saturated carbocycles. The Kier molecular flexibility index (Phi) is 14.5. The van der Waals surface area contributed by atoms with Crippen molar-refractivity contribution in [2.24, 2.45) is 0 Å². The maximum atomic E-state index is 11.8. The molecule has 1 amide bonds. The van der Waals surface area contributed by atoms with Crippen molar-refractivity contribution in [1.29, 1.82) is 0 Å². The zero-order chi connectivity index (χ0) is 18.8. The molecule has 3 nitrogen and oxygen atoms in total. The SMILES string of the molecule is CC=CC=CC=CCCC=CC=CC(=O)NCC(O)(CCC)CCC. The molecule has 0 rings (SSSR count). The van der Waals surface area contributed by atoms with Gasteiger partial charge in [-0.05, 0) is 32.6 Å². The minimum atomic E-state index is -0.781. The predicted molar refractivity (Wildman–Crippen MR) is 108 cm³/mol. The number of unbranched alkanes of at least 4 members (excludes halogenated alkanes) is 1. The summed E-state index contributed by atoms with van der Waals surface area (Å²) in [7, 11) is 0. The molecule has 0 saturated heterocycles. The van der Waals surface area contributed by atoms with Gasteiger partial charge in [-0.2, -0.15) is 0 Å². The van der Waals surface area contributed by atoms with Crippen LogP contribution in [0.25, 0.3) is 0 Å². The Morgan fingerprint density at radius 1 is 0.920 bits per heavy atom. The van der Waals surface area contributed by atoms with Crippen LogP contribution in [0.5, 0.6) is 0 Å². The van der Waals surface area contributed by atoms with E-state index in [1.54, 1.807) is 6.08 Å². The fourth-order valence-corrected chi connectivity index (χ4v) is 2.47. The molecule has 0 aromatic carbocycles. The number of carbonyl (C=O) groups excluding carboxylic acids is 1. The molecule has 0 aliphatic carbocycles. The Hall–Kier alpha value is -1.87. The second kappa shape index (κ2) is 15.6. The standard InChI is InChI=1S/C22H35NO2/c1-4-7-8-9-10-11-12-13-14-15-16-17-21(24)23-20-22(25,18-5-2)19-6-3/h4,7-11,14-17,25H,5-6,12-13,18-20H2,1-3H3,(H,23,24). The summed E-state index contributed by atoms with van der Waals surface area (Å²) in [4.78, 5) is 11.8. The first-order chi connectivity index (χ1) is 12.1. The molecule has 0 radical (unpaired) electrons. The highest BCUT2D eigenvalue weighted by Gasteiger charge is 2.24. The zero-order valence-electron chi connectivity index (χ0n) is 16.1. The van der Waals surface area contributed by atoms with Gasteiger partial charge in [-0.15, -0.1) is 0 Å². The Bertz CT molecular complexity index is 478. The smallest absolute Gasteiger partial charge is 0.244 e. The van der Waals surface area contributed by atoms with Crippen LogP contribution in [0.4, 0.5) is 0 Å². The van der Waals surface area contributed by atoms with E-state index in [0.717, 1.165) is 25.7 Å². The van der Waals surface area contributed by atoms with Crippen molar-refractivity contribution in [1.82, 2.24) is 5.32 Å². The molecular weight excluding hydrogens is 310 g/mol. The molecule has 0 aliphatic rings. The lowest BCUT2D eigenvalue weighted by Gasteiger charge is -2.27. The molecule has 2 N–H and O–H groups in total. The minimum absolute atomic E-state index is 0.163. The zero-order valence-corrected chi connectivity index (χ0v) is 16.1. The molecule has 0 atom stereocenters. The highest BCUT2D eigenvalue weighted by Crippen LogP contribution is 2.18. The van der Waals surface area contributed by atoms with E-state index in [-0.39, 0.29) is 5.91 Å². The lowest BCUT2D eigenvalue weighted by molar-refractivity contribution is -0.117. The van der Waals surface area contributed by atoms with Gasteiger partial charge in [0.25, 0.3) is 0 Å². The third kappa shape index (κ3) is 14.2. The number of carbonyl (C=O) groups is 1. The van der Waals surface area contributed by atoms with E-state index in [2.05, 4.69) is 11.4 Å². The number of allylic oxidation sites excluding steroid dienone is 9. The van der Waals surface area contributed by atoms with Crippen molar-refractivity contribution in [2.75, 3.05) is 6.54 Å². The van der Waals surface area contributed by atoms with E-state index < -0.39 is 5.60 Å². The molecule has 0 heterocycles. The lowest BCUT2D eigenvalue weighted by atomic mass is 9.92. The molecule has 0 aromatic heterocycles. The van der Waals surface area contributed by atoms with Crippen LogP contribution < -0.4 is 5.32 Å². The quantitative estimate of drug-likeness (QED) is 0.280. The van der Waals surface area contributed by atoms with Crippen molar-refractivity contribution < 1.29 is 9.90 Å². The van der Waals surface area contributed by atoms with Gasteiger partial charge in [0.05, 0.1) is 5.60 Å². The largest absolute Gasteiger partial charge is 0.388 e. The molecule has 3 heteroatoms. The van der Waals surface area contributed by atoms with E-state index in [1.165, 1.54) is 6.08 Å². The maximum Gasteiger partial charge on any atom is 0.244 e. The van der Waals surface area contributed by atoms with Gasteiger partial charge in [0, 0.05) is 12.6 Å². The van der Waals surface area contributed by atoms with E-state index >= 15 is 0 Å². The molecule has 0 unspecified atom stereocenters. The number of rotatable bonds is 13. The van der Waals surface area contributed by atoms with Crippen molar-refractivity contribution in [3.05, 3.63) is 60.8 Å². The Morgan fingerprint density at radius 3 is 2.04 bits per heavy atom. The normalized spacial score (nSPS) is 13.3. The van der Waals surface area contributed by atoms with Gasteiger partial charge in [-0.3, -0.25) is 4.79 Å². The van der Waals surface area contributed by atoms with Crippen LogP contribution in [-0.4, -0.2) is 23.2 Å². The van der Waals surface area contributed by atoms with Crippen molar-refractivity contribution in [3.63, 3.8) is 0 Å². The maximum absolute atomic E-state index is 11.8. The van der Waals surface area contributed by atoms with Crippen LogP contribution in [0.2, 0.25) is 0 Å². The van der Waals surface area contributed by atoms with Crippen molar-refractivity contribution in [3.8, 4) is 0 Å². The predicted octanol–water partition coefficient (Wildman–Crippen LogP) is 5.02. The van der Waals surface area contributed by atoms with Gasteiger partial charge >= 0.3 is 0 Å². The van der Waals surface area contributed by atoms with Crippen molar-refractivity contribution in [2.45, 2.75) is 64.9 Å². The van der Waals surface area contributed by atoms with Gasteiger partial charge < -0.3 is 10.4 Å². The minimum Gasteiger partial charge on any atom is -0.388 e. The average molecular weight is 346 g/mol. The second-order valence-corrected chi connectivity index (χ2v) is 6.15. The summed E-state index contributed by atoms with van der Waals surface area (Å²) in [6, 6.07) is 0. The fraction of sp³-hybridized carbons (Fsp3) is 0.500. The fourth-order valence-electron chi connectivity index (χ4n) is 2.47. The monoisotopic (exact) mass is 345 g/mol. The Morgan fingerprint density at radius 2 is 1.48 bits per heavy atom. The summed E-state index contributed by atoms with van der Waals surface area (Å²) >= 11 is 0. The van der Waals surface area contributed by atoms with Crippen LogP contribution in [0.3, 0.4) is 0 Å². The van der Waals surface area contributed by atoms with Crippen LogP contribution in [0.1, 0.15) is 59.3 Å². The third-order valence-corrected chi connectivity index (χ3v) is 3.68. The highest BCUT2D eigenvalue weighted by molar-refractivity contribution is 5.87.